The van der Waals surface area contributed by atoms with Crippen LogP contribution >= 0.6 is 11.6 Å². The molecule has 4 aromatic rings. The van der Waals surface area contributed by atoms with Gasteiger partial charge >= 0.3 is 6.18 Å². The van der Waals surface area contributed by atoms with Gasteiger partial charge in [-0.05, 0) is 90.2 Å². The van der Waals surface area contributed by atoms with E-state index in [9.17, 15) is 18.0 Å². The first-order chi connectivity index (χ1) is 20.6. The van der Waals surface area contributed by atoms with Gasteiger partial charge in [-0.15, -0.1) is 0 Å². The molecule has 1 aliphatic heterocycles. The van der Waals surface area contributed by atoms with E-state index in [-0.39, 0.29) is 5.91 Å². The quantitative estimate of drug-likeness (QED) is 0.246. The maximum absolute atomic E-state index is 13.2. The van der Waals surface area contributed by atoms with Crippen molar-refractivity contribution in [3.63, 3.8) is 0 Å². The van der Waals surface area contributed by atoms with Crippen LogP contribution in [-0.2, 0) is 12.7 Å². The number of nitrogens with one attached hydrogen (secondary N) is 1. The Morgan fingerprint density at radius 2 is 1.79 bits per heavy atom. The monoisotopic (exact) mass is 603 g/mol. The van der Waals surface area contributed by atoms with Gasteiger partial charge in [-0.1, -0.05) is 29.8 Å². The van der Waals surface area contributed by atoms with Crippen LogP contribution in [-0.4, -0.2) is 42.0 Å². The molecule has 0 atom stereocenters. The topological polar surface area (TPSA) is 72.3 Å². The minimum Gasteiger partial charge on any atom is -0.355 e. The molecule has 0 radical (unpaired) electrons. The molecule has 5 rings (SSSR count). The van der Waals surface area contributed by atoms with Crippen LogP contribution in [0.3, 0.4) is 0 Å². The van der Waals surface area contributed by atoms with E-state index < -0.39 is 11.7 Å². The molecule has 1 amide bonds. The molecule has 1 fully saturated rings. The van der Waals surface area contributed by atoms with Crippen molar-refractivity contribution in [2.24, 2.45) is 0 Å². The highest BCUT2D eigenvalue weighted by atomic mass is 35.5. The maximum Gasteiger partial charge on any atom is 0.416 e. The zero-order chi connectivity index (χ0) is 30.6. The van der Waals surface area contributed by atoms with Crippen LogP contribution in [0.5, 0.6) is 0 Å². The summed E-state index contributed by atoms with van der Waals surface area (Å²) in [7, 11) is 0. The molecule has 1 N–H and O–H groups in total. The van der Waals surface area contributed by atoms with Crippen LogP contribution in [0.2, 0.25) is 5.02 Å². The van der Waals surface area contributed by atoms with Crippen LogP contribution in [0.4, 0.5) is 24.7 Å². The molecule has 1 aliphatic rings. The zero-order valence-electron chi connectivity index (χ0n) is 23.5. The van der Waals surface area contributed by atoms with Crippen molar-refractivity contribution >= 4 is 29.0 Å². The average Bonchev–Trinajstić information content (AvgIpc) is 3.24. The first kappa shape index (κ1) is 30.1. The van der Waals surface area contributed by atoms with Gasteiger partial charge < -0.3 is 10.2 Å². The molecule has 43 heavy (non-hydrogen) atoms. The fraction of sp³-hybridized carbons (Fsp3) is 0.242. The van der Waals surface area contributed by atoms with E-state index >= 15 is 0 Å². The number of halogens is 4. The van der Waals surface area contributed by atoms with Crippen molar-refractivity contribution in [3.8, 4) is 17.2 Å². The fourth-order valence-electron chi connectivity index (χ4n) is 5.12. The number of carbonyl (C=O) groups excluding carboxylic acids is 1. The lowest BCUT2D eigenvalue weighted by molar-refractivity contribution is -0.137. The van der Waals surface area contributed by atoms with E-state index in [1.807, 2.05) is 37.3 Å². The number of aryl methyl sites for hydroxylation is 1. The van der Waals surface area contributed by atoms with Crippen LogP contribution in [0.1, 0.15) is 39.0 Å². The Balaban J connectivity index is 1.20. The number of aromatic nitrogens is 1. The summed E-state index contributed by atoms with van der Waals surface area (Å²) in [6.07, 6.45) is -1.98. The molecule has 10 heteroatoms. The van der Waals surface area contributed by atoms with Gasteiger partial charge in [0.2, 0.25) is 0 Å². The highest BCUT2D eigenvalue weighted by molar-refractivity contribution is 6.31. The summed E-state index contributed by atoms with van der Waals surface area (Å²) >= 11 is 6.22. The number of amides is 1. The van der Waals surface area contributed by atoms with Gasteiger partial charge in [-0.25, -0.2) is 4.98 Å². The van der Waals surface area contributed by atoms with Gasteiger partial charge in [0.1, 0.15) is 5.82 Å². The predicted molar refractivity (Wildman–Crippen MR) is 162 cm³/mol. The van der Waals surface area contributed by atoms with Gasteiger partial charge in [0.15, 0.2) is 0 Å². The number of rotatable bonds is 6. The predicted octanol–water partition coefficient (Wildman–Crippen LogP) is 7.57. The maximum atomic E-state index is 13.2. The molecule has 0 unspecified atom stereocenters. The van der Waals surface area contributed by atoms with E-state index in [0.29, 0.717) is 47.0 Å². The molecule has 1 saturated heterocycles. The summed E-state index contributed by atoms with van der Waals surface area (Å²) in [6, 6.07) is 22.0. The second-order valence-corrected chi connectivity index (χ2v) is 10.9. The minimum absolute atomic E-state index is 0.261. The smallest absolute Gasteiger partial charge is 0.355 e. The van der Waals surface area contributed by atoms with Crippen molar-refractivity contribution in [1.29, 1.82) is 5.26 Å². The van der Waals surface area contributed by atoms with Gasteiger partial charge in [-0.2, -0.15) is 18.4 Å². The lowest BCUT2D eigenvalue weighted by Crippen LogP contribution is -2.31. The molecular weight excluding hydrogens is 575 g/mol. The summed E-state index contributed by atoms with van der Waals surface area (Å²) < 4.78 is 39.5. The molecule has 0 saturated carbocycles. The van der Waals surface area contributed by atoms with Crippen molar-refractivity contribution in [2.75, 3.05) is 36.4 Å². The fourth-order valence-corrected chi connectivity index (χ4v) is 5.30. The number of hydrogen-bond donors (Lipinski definition) is 1. The van der Waals surface area contributed by atoms with Crippen molar-refractivity contribution < 1.29 is 18.0 Å². The summed E-state index contributed by atoms with van der Waals surface area (Å²) in [5.41, 5.74) is 4.24. The molecule has 6 nitrogen and oxygen atoms in total. The number of carbonyl (C=O) groups is 1. The number of nitrogens with zero attached hydrogens (tertiary/aromatic N) is 4. The minimum atomic E-state index is -4.42. The third kappa shape index (κ3) is 7.34. The number of hydrogen-bond acceptors (Lipinski definition) is 5. The molecule has 0 bridgehead atoms. The first-order valence-corrected chi connectivity index (χ1v) is 14.2. The van der Waals surface area contributed by atoms with Crippen LogP contribution in [0, 0.1) is 18.3 Å². The van der Waals surface area contributed by atoms with E-state index in [0.717, 1.165) is 54.2 Å². The van der Waals surface area contributed by atoms with Crippen LogP contribution in [0.25, 0.3) is 11.1 Å². The normalized spacial score (nSPS) is 14.2. The average molecular weight is 604 g/mol. The van der Waals surface area contributed by atoms with E-state index in [4.69, 9.17) is 16.9 Å². The number of nitriles is 1. The van der Waals surface area contributed by atoms with E-state index in [1.54, 1.807) is 30.5 Å². The number of pyridine rings is 1. The molecule has 0 aliphatic carbocycles. The third-order valence-corrected chi connectivity index (χ3v) is 7.88. The summed E-state index contributed by atoms with van der Waals surface area (Å²) in [6.45, 7) is 5.06. The Morgan fingerprint density at radius 1 is 1.00 bits per heavy atom. The Kier molecular flexibility index (Phi) is 9.00. The highest BCUT2D eigenvalue weighted by Gasteiger charge is 2.31. The van der Waals surface area contributed by atoms with Crippen LogP contribution < -0.4 is 10.2 Å². The summed E-state index contributed by atoms with van der Waals surface area (Å²) in [5, 5.41) is 12.3. The molecule has 2 heterocycles. The standard InChI is InChI=1S/C33H29ClF3N5O/c1-22-3-6-25(18-29(22)24-7-4-23(19-38)5-8-24)32(43)40-28-10-12-31(39-20-28)42-14-2-13-41(15-16-42)21-26-17-27(33(35,36)37)9-11-30(26)34/h3-12,17-18,20H,2,13-16,21H2,1H3,(H,40,43). The number of anilines is 2. The molecule has 1 aromatic heterocycles. The number of alkyl halides is 3. The van der Waals surface area contributed by atoms with Gasteiger partial charge in [0.25, 0.3) is 5.91 Å². The van der Waals surface area contributed by atoms with Crippen molar-refractivity contribution in [1.82, 2.24) is 9.88 Å². The van der Waals surface area contributed by atoms with Gasteiger partial charge in [0, 0.05) is 43.3 Å². The lowest BCUT2D eigenvalue weighted by atomic mass is 9.97. The summed E-state index contributed by atoms with van der Waals surface area (Å²) in [5.74, 6) is 0.499. The lowest BCUT2D eigenvalue weighted by Gasteiger charge is -2.23. The first-order valence-electron chi connectivity index (χ1n) is 13.8. The Morgan fingerprint density at radius 3 is 2.49 bits per heavy atom. The molecule has 0 spiro atoms. The van der Waals surface area contributed by atoms with E-state index in [2.05, 4.69) is 26.2 Å². The molecule has 3 aromatic carbocycles. The van der Waals surface area contributed by atoms with Crippen LogP contribution in [0.15, 0.2) is 79.0 Å². The van der Waals surface area contributed by atoms with Gasteiger partial charge in [0.05, 0.1) is 29.1 Å². The highest BCUT2D eigenvalue weighted by Crippen LogP contribution is 2.32. The number of benzene rings is 3. The second kappa shape index (κ2) is 12.9. The van der Waals surface area contributed by atoms with Crippen molar-refractivity contribution in [2.45, 2.75) is 26.1 Å². The molecular formula is C33H29ClF3N5O. The SMILES string of the molecule is Cc1ccc(C(=O)Nc2ccc(N3CCCN(Cc4cc(C(F)(F)F)ccc4Cl)CC3)nc2)cc1-c1ccc(C#N)cc1. The zero-order valence-corrected chi connectivity index (χ0v) is 24.2. The van der Waals surface area contributed by atoms with E-state index in [1.165, 1.54) is 6.07 Å². The Hall–Kier alpha value is -4.39. The largest absolute Gasteiger partial charge is 0.416 e. The second-order valence-electron chi connectivity index (χ2n) is 10.5. The third-order valence-electron chi connectivity index (χ3n) is 7.51. The van der Waals surface area contributed by atoms with Gasteiger partial charge in [-0.3, -0.25) is 9.69 Å². The van der Waals surface area contributed by atoms with Crippen molar-refractivity contribution in [3.05, 3.63) is 112 Å². The molecule has 220 valence electrons. The Labute approximate surface area is 253 Å². The summed E-state index contributed by atoms with van der Waals surface area (Å²) in [4.78, 5) is 21.9. The Bertz CT molecular complexity index is 1650.